The Balaban J connectivity index is 2.13. The van der Waals surface area contributed by atoms with E-state index in [1.165, 1.54) is 0 Å². The molecule has 1 saturated heterocycles. The van der Waals surface area contributed by atoms with E-state index in [2.05, 4.69) is 0 Å². The third kappa shape index (κ3) is 3.36. The Morgan fingerprint density at radius 3 is 1.52 bits per heavy atom. The second-order valence-electron chi connectivity index (χ2n) is 5.75. The lowest BCUT2D eigenvalue weighted by molar-refractivity contribution is -0.339. The molecule has 2 fully saturated rings. The van der Waals surface area contributed by atoms with Crippen LogP contribution in [0.2, 0.25) is 0 Å². The molecule has 2 rings (SSSR count). The van der Waals surface area contributed by atoms with Gasteiger partial charge in [-0.05, 0) is 0 Å². The largest absolute Gasteiger partial charge is 0.394 e. The van der Waals surface area contributed by atoms with Crippen LogP contribution in [0.15, 0.2) is 0 Å². The van der Waals surface area contributed by atoms with Crippen LogP contribution in [0.3, 0.4) is 0 Å². The molecule has 1 aliphatic heterocycles. The average molecular weight is 342 g/mol. The summed E-state index contributed by atoms with van der Waals surface area (Å²) >= 11 is 0. The van der Waals surface area contributed by atoms with Gasteiger partial charge in [0.1, 0.15) is 61.0 Å². The van der Waals surface area contributed by atoms with Gasteiger partial charge >= 0.3 is 0 Å². The first-order valence-corrected chi connectivity index (χ1v) is 7.07. The van der Waals surface area contributed by atoms with Crippen molar-refractivity contribution in [2.75, 3.05) is 6.61 Å². The van der Waals surface area contributed by atoms with E-state index in [-0.39, 0.29) is 0 Å². The van der Waals surface area contributed by atoms with Crippen molar-refractivity contribution in [3.8, 4) is 0 Å². The van der Waals surface area contributed by atoms with Crippen molar-refractivity contribution in [2.45, 2.75) is 67.3 Å². The minimum atomic E-state index is -1.83. The van der Waals surface area contributed by atoms with Gasteiger partial charge in [0, 0.05) is 0 Å². The van der Waals surface area contributed by atoms with Crippen molar-refractivity contribution in [3.63, 3.8) is 0 Å². The van der Waals surface area contributed by atoms with E-state index >= 15 is 0 Å². The smallest absolute Gasteiger partial charge is 0.187 e. The Morgan fingerprint density at radius 1 is 0.609 bits per heavy atom. The Kier molecular flexibility index (Phi) is 5.92. The van der Waals surface area contributed by atoms with Gasteiger partial charge in [0.25, 0.3) is 0 Å². The monoisotopic (exact) mass is 342 g/mol. The number of aliphatic hydroxyl groups is 9. The lowest BCUT2D eigenvalue weighted by atomic mass is 9.84. The van der Waals surface area contributed by atoms with Gasteiger partial charge in [-0.3, -0.25) is 0 Å². The average Bonchev–Trinajstić information content (AvgIpc) is 2.54. The zero-order valence-electron chi connectivity index (χ0n) is 11.9. The van der Waals surface area contributed by atoms with Crippen molar-refractivity contribution in [1.29, 1.82) is 0 Å². The predicted octanol–water partition coefficient (Wildman–Crippen LogP) is -6.01. The second-order valence-corrected chi connectivity index (χ2v) is 5.75. The lowest BCUT2D eigenvalue weighted by Crippen LogP contribution is -2.67. The standard InChI is InChI=1S/C12H22O11/c13-1-2-3(14)4(15)10(21)12(22-2)23-11-8(19)6(17)5(16)7(18)9(11)20/h2-21H,1H2/t2-,3-,4+,5?,6-,7+,8+,9+,10+,11?,12?/m1/s1. The van der Waals surface area contributed by atoms with E-state index in [1.54, 1.807) is 0 Å². The number of ether oxygens (including phenoxy) is 2. The quantitative estimate of drug-likeness (QED) is 0.236. The predicted molar refractivity (Wildman–Crippen MR) is 68.7 cm³/mol. The molecule has 2 aliphatic rings. The highest BCUT2D eigenvalue weighted by Crippen LogP contribution is 2.29. The van der Waals surface area contributed by atoms with Crippen LogP contribution >= 0.6 is 0 Å². The summed E-state index contributed by atoms with van der Waals surface area (Å²) in [5.74, 6) is 0. The molecule has 0 amide bonds. The van der Waals surface area contributed by atoms with Gasteiger partial charge in [0.2, 0.25) is 0 Å². The summed E-state index contributed by atoms with van der Waals surface area (Å²) in [5.41, 5.74) is 0. The summed E-state index contributed by atoms with van der Waals surface area (Å²) in [6.45, 7) is -0.704. The first-order valence-electron chi connectivity index (χ1n) is 7.07. The molecule has 9 N–H and O–H groups in total. The van der Waals surface area contributed by atoms with Crippen LogP contribution in [0.4, 0.5) is 0 Å². The molecule has 136 valence electrons. The number of rotatable bonds is 3. The molecule has 0 aromatic carbocycles. The highest BCUT2D eigenvalue weighted by Gasteiger charge is 2.52. The fraction of sp³-hybridized carbons (Fsp3) is 1.00. The fourth-order valence-electron chi connectivity index (χ4n) is 2.69. The summed E-state index contributed by atoms with van der Waals surface area (Å²) < 4.78 is 10.2. The highest BCUT2D eigenvalue weighted by molar-refractivity contribution is 5.00. The molecular formula is C12H22O11. The summed E-state index contributed by atoms with van der Waals surface area (Å²) in [4.78, 5) is 0. The first-order chi connectivity index (χ1) is 10.7. The van der Waals surface area contributed by atoms with Crippen molar-refractivity contribution in [2.24, 2.45) is 0 Å². The molecule has 11 nitrogen and oxygen atoms in total. The summed E-state index contributed by atoms with van der Waals surface area (Å²) in [7, 11) is 0. The van der Waals surface area contributed by atoms with Crippen LogP contribution in [0.1, 0.15) is 0 Å². The van der Waals surface area contributed by atoms with E-state index in [1.807, 2.05) is 0 Å². The topological polar surface area (TPSA) is 201 Å². The SMILES string of the molecule is OC[C@H]1OC(OC2[C@@H](O)[C@H](O)C(O)[C@H](O)[C@@H]2O)[C@@H](O)[C@@H](O)[C@@H]1O. The zero-order chi connectivity index (χ0) is 17.5. The van der Waals surface area contributed by atoms with E-state index in [9.17, 15) is 40.9 Å². The van der Waals surface area contributed by atoms with Gasteiger partial charge in [0.05, 0.1) is 6.61 Å². The third-order valence-corrected chi connectivity index (χ3v) is 4.21. The maximum Gasteiger partial charge on any atom is 0.187 e. The maximum absolute atomic E-state index is 9.85. The molecule has 1 heterocycles. The Labute approximate surface area is 130 Å². The van der Waals surface area contributed by atoms with Gasteiger partial charge in [-0.25, -0.2) is 0 Å². The van der Waals surface area contributed by atoms with Crippen LogP contribution in [-0.2, 0) is 9.47 Å². The maximum atomic E-state index is 9.85. The molecule has 11 atom stereocenters. The molecule has 23 heavy (non-hydrogen) atoms. The van der Waals surface area contributed by atoms with Gasteiger partial charge < -0.3 is 55.4 Å². The Hall–Kier alpha value is -0.440. The summed E-state index contributed by atoms with van der Waals surface area (Å²) in [5, 5.41) is 86.6. The summed E-state index contributed by atoms with van der Waals surface area (Å²) in [6.07, 6.45) is -18.9. The van der Waals surface area contributed by atoms with E-state index in [4.69, 9.17) is 14.6 Å². The van der Waals surface area contributed by atoms with E-state index < -0.39 is 73.9 Å². The number of hydrogen-bond donors (Lipinski definition) is 9. The van der Waals surface area contributed by atoms with Crippen molar-refractivity contribution in [1.82, 2.24) is 0 Å². The molecule has 1 saturated carbocycles. The molecular weight excluding hydrogens is 320 g/mol. The number of aliphatic hydroxyl groups excluding tert-OH is 9. The minimum absolute atomic E-state index is 0.704. The molecule has 0 radical (unpaired) electrons. The molecule has 0 bridgehead atoms. The normalized spacial score (nSPS) is 54.9. The molecule has 0 aromatic heterocycles. The van der Waals surface area contributed by atoms with Crippen LogP contribution < -0.4 is 0 Å². The summed E-state index contributed by atoms with van der Waals surface area (Å²) in [6, 6.07) is 0. The van der Waals surface area contributed by atoms with Gasteiger partial charge in [-0.15, -0.1) is 0 Å². The molecule has 0 aromatic rings. The Morgan fingerprint density at radius 2 is 1.04 bits per heavy atom. The molecule has 0 spiro atoms. The minimum Gasteiger partial charge on any atom is -0.394 e. The third-order valence-electron chi connectivity index (χ3n) is 4.21. The zero-order valence-corrected chi connectivity index (χ0v) is 11.9. The molecule has 11 heteroatoms. The first kappa shape index (κ1) is 18.9. The van der Waals surface area contributed by atoms with Crippen molar-refractivity contribution in [3.05, 3.63) is 0 Å². The fourth-order valence-corrected chi connectivity index (χ4v) is 2.69. The molecule has 3 unspecified atom stereocenters. The van der Waals surface area contributed by atoms with Crippen LogP contribution in [-0.4, -0.2) is 120 Å². The second kappa shape index (κ2) is 7.21. The molecule has 1 aliphatic carbocycles. The van der Waals surface area contributed by atoms with E-state index in [0.717, 1.165) is 0 Å². The van der Waals surface area contributed by atoms with E-state index in [0.29, 0.717) is 0 Å². The highest BCUT2D eigenvalue weighted by atomic mass is 16.7. The van der Waals surface area contributed by atoms with Gasteiger partial charge in [-0.2, -0.15) is 0 Å². The number of hydrogen-bond acceptors (Lipinski definition) is 11. The lowest BCUT2D eigenvalue weighted by Gasteiger charge is -2.45. The van der Waals surface area contributed by atoms with Crippen molar-refractivity contribution < 1.29 is 55.4 Å². The van der Waals surface area contributed by atoms with Gasteiger partial charge in [-0.1, -0.05) is 0 Å². The van der Waals surface area contributed by atoms with Crippen LogP contribution in [0, 0.1) is 0 Å². The Bertz CT molecular complexity index is 377. The van der Waals surface area contributed by atoms with Crippen LogP contribution in [0.25, 0.3) is 0 Å². The van der Waals surface area contributed by atoms with Gasteiger partial charge in [0.15, 0.2) is 6.29 Å². The van der Waals surface area contributed by atoms with Crippen molar-refractivity contribution >= 4 is 0 Å². The van der Waals surface area contributed by atoms with Crippen LogP contribution in [0.5, 0.6) is 0 Å².